The van der Waals surface area contributed by atoms with Gasteiger partial charge in [0.05, 0.1) is 6.67 Å². The molecule has 2 unspecified atom stereocenters. The van der Waals surface area contributed by atoms with Crippen molar-refractivity contribution >= 4 is 11.8 Å². The second-order valence-corrected chi connectivity index (χ2v) is 5.44. The quantitative estimate of drug-likeness (QED) is 0.867. The van der Waals surface area contributed by atoms with Crippen LogP contribution in [0, 0.1) is 0 Å². The van der Waals surface area contributed by atoms with Gasteiger partial charge in [0.25, 0.3) is 0 Å². The Kier molecular flexibility index (Phi) is 3.87. The van der Waals surface area contributed by atoms with Crippen molar-refractivity contribution in [3.05, 3.63) is 29.3 Å². The molecule has 1 aliphatic heterocycles. The van der Waals surface area contributed by atoms with Crippen LogP contribution in [0.3, 0.4) is 0 Å². The normalized spacial score (nSPS) is 18.2. The third-order valence-electron chi connectivity index (χ3n) is 3.37. The van der Waals surface area contributed by atoms with Crippen LogP contribution in [0.25, 0.3) is 0 Å². The van der Waals surface area contributed by atoms with Crippen molar-refractivity contribution in [2.45, 2.75) is 30.2 Å². The summed E-state index contributed by atoms with van der Waals surface area (Å²) in [6.45, 7) is 1.73. The number of alkyl halides is 1. The number of benzene rings is 1. The van der Waals surface area contributed by atoms with Crippen LogP contribution in [-0.2, 0) is 6.42 Å². The lowest BCUT2D eigenvalue weighted by molar-refractivity contribution is 0.372. The van der Waals surface area contributed by atoms with Crippen molar-refractivity contribution in [2.75, 3.05) is 19.5 Å². The monoisotopic (exact) mass is 239 g/mol. The molecule has 0 amide bonds. The molecule has 1 nitrogen and oxygen atoms in total. The fourth-order valence-electron chi connectivity index (χ4n) is 2.13. The molecular formula is C13H18FNS. The van der Waals surface area contributed by atoms with E-state index in [0.29, 0.717) is 0 Å². The maximum absolute atomic E-state index is 13.1. The highest BCUT2D eigenvalue weighted by Gasteiger charge is 2.20. The van der Waals surface area contributed by atoms with Crippen molar-refractivity contribution in [1.82, 2.24) is 5.32 Å². The van der Waals surface area contributed by atoms with Gasteiger partial charge in [-0.25, -0.2) is 0 Å². The van der Waals surface area contributed by atoms with Crippen molar-refractivity contribution in [3.63, 3.8) is 0 Å². The van der Waals surface area contributed by atoms with E-state index in [2.05, 4.69) is 23.5 Å². The summed E-state index contributed by atoms with van der Waals surface area (Å²) in [5, 5.41) is 3.14. The van der Waals surface area contributed by atoms with Crippen molar-refractivity contribution in [1.29, 1.82) is 0 Å². The Labute approximate surface area is 101 Å². The summed E-state index contributed by atoms with van der Waals surface area (Å²) >= 11 is 1.89. The second-order valence-electron chi connectivity index (χ2n) is 4.30. The van der Waals surface area contributed by atoms with Gasteiger partial charge in [-0.15, -0.1) is 11.8 Å². The molecule has 0 bridgehead atoms. The molecule has 0 aliphatic carbocycles. The zero-order chi connectivity index (χ0) is 11.5. The maximum Gasteiger partial charge on any atom is 0.0977 e. The molecule has 0 saturated carbocycles. The first-order valence-electron chi connectivity index (χ1n) is 5.75. The molecule has 1 aliphatic rings. The van der Waals surface area contributed by atoms with Crippen molar-refractivity contribution in [2.24, 2.45) is 0 Å². The first-order chi connectivity index (χ1) is 7.76. The van der Waals surface area contributed by atoms with Crippen LogP contribution < -0.4 is 5.32 Å². The van der Waals surface area contributed by atoms with E-state index in [1.807, 2.05) is 25.7 Å². The zero-order valence-electron chi connectivity index (χ0n) is 9.79. The van der Waals surface area contributed by atoms with E-state index in [4.69, 9.17) is 0 Å². The highest BCUT2D eigenvalue weighted by atomic mass is 32.2. The molecule has 2 atom stereocenters. The average molecular weight is 239 g/mol. The molecule has 3 heteroatoms. The number of likely N-dealkylation sites (N-methyl/N-ethyl adjacent to an activating group) is 1. The summed E-state index contributed by atoms with van der Waals surface area (Å²) in [5.41, 5.74) is 2.54. The number of thioether (sulfide) groups is 1. The molecule has 2 rings (SSSR count). The van der Waals surface area contributed by atoms with Crippen LogP contribution >= 0.6 is 11.8 Å². The predicted octanol–water partition coefficient (Wildman–Crippen LogP) is 3.00. The Morgan fingerprint density at radius 2 is 2.31 bits per heavy atom. The van der Waals surface area contributed by atoms with E-state index in [9.17, 15) is 4.39 Å². The summed E-state index contributed by atoms with van der Waals surface area (Å²) in [6, 6.07) is 6.60. The van der Waals surface area contributed by atoms with Crippen LogP contribution in [0.1, 0.15) is 24.0 Å². The smallest absolute Gasteiger partial charge is 0.0977 e. The Morgan fingerprint density at radius 1 is 1.50 bits per heavy atom. The van der Waals surface area contributed by atoms with Crippen molar-refractivity contribution in [3.8, 4) is 0 Å². The van der Waals surface area contributed by atoms with Gasteiger partial charge >= 0.3 is 0 Å². The van der Waals surface area contributed by atoms with Gasteiger partial charge in [0.1, 0.15) is 0 Å². The standard InChI is InChI=1S/C13H18FNS/c1-9(15-2)12(8-14)11-4-3-10-5-6-16-13(10)7-11/h3-4,7,9,12,15H,5-6,8H2,1-2H3. The lowest BCUT2D eigenvalue weighted by Gasteiger charge is -2.21. The van der Waals surface area contributed by atoms with E-state index in [1.54, 1.807) is 0 Å². The Balaban J connectivity index is 2.25. The third-order valence-corrected chi connectivity index (χ3v) is 4.47. The molecule has 0 saturated heterocycles. The van der Waals surface area contributed by atoms with Gasteiger partial charge in [0, 0.05) is 22.6 Å². The number of hydrogen-bond donors (Lipinski definition) is 1. The minimum Gasteiger partial charge on any atom is -0.317 e. The summed E-state index contributed by atoms with van der Waals surface area (Å²) in [7, 11) is 1.88. The summed E-state index contributed by atoms with van der Waals surface area (Å²) in [6.07, 6.45) is 1.15. The molecule has 1 aromatic rings. The second kappa shape index (κ2) is 5.19. The molecule has 0 aromatic heterocycles. The topological polar surface area (TPSA) is 12.0 Å². The highest BCUT2D eigenvalue weighted by molar-refractivity contribution is 7.99. The van der Waals surface area contributed by atoms with E-state index < -0.39 is 0 Å². The van der Waals surface area contributed by atoms with Crippen molar-refractivity contribution < 1.29 is 4.39 Å². The van der Waals surface area contributed by atoms with Gasteiger partial charge in [-0.1, -0.05) is 12.1 Å². The van der Waals surface area contributed by atoms with Crippen LogP contribution in [-0.4, -0.2) is 25.5 Å². The average Bonchev–Trinajstić information content (AvgIpc) is 2.77. The molecular weight excluding hydrogens is 221 g/mol. The largest absolute Gasteiger partial charge is 0.317 e. The number of halogens is 1. The van der Waals surface area contributed by atoms with Gasteiger partial charge in [-0.05, 0) is 37.6 Å². The van der Waals surface area contributed by atoms with Gasteiger partial charge in [0.2, 0.25) is 0 Å². The minimum absolute atomic E-state index is 0.0310. The minimum atomic E-state index is -0.300. The SMILES string of the molecule is CNC(C)C(CF)c1ccc2c(c1)SCC2. The van der Waals surface area contributed by atoms with Crippen LogP contribution in [0.15, 0.2) is 23.1 Å². The van der Waals surface area contributed by atoms with E-state index >= 15 is 0 Å². The molecule has 88 valence electrons. The van der Waals surface area contributed by atoms with Gasteiger partial charge in [0.15, 0.2) is 0 Å². The van der Waals surface area contributed by atoms with Gasteiger partial charge < -0.3 is 5.32 Å². The molecule has 0 fully saturated rings. The Bertz CT molecular complexity index is 367. The zero-order valence-corrected chi connectivity index (χ0v) is 10.6. The Hall–Kier alpha value is -0.540. The first kappa shape index (κ1) is 11.9. The lowest BCUT2D eigenvalue weighted by Crippen LogP contribution is -2.30. The van der Waals surface area contributed by atoms with Gasteiger partial charge in [-0.2, -0.15) is 0 Å². The van der Waals surface area contributed by atoms with Gasteiger partial charge in [-0.3, -0.25) is 4.39 Å². The molecule has 1 aromatic carbocycles. The molecule has 0 spiro atoms. The number of fused-ring (bicyclic) bond motifs is 1. The van der Waals surface area contributed by atoms with Crippen LogP contribution in [0.4, 0.5) is 4.39 Å². The van der Waals surface area contributed by atoms with E-state index in [1.165, 1.54) is 16.2 Å². The van der Waals surface area contributed by atoms with E-state index in [-0.39, 0.29) is 18.6 Å². The van der Waals surface area contributed by atoms with Crippen LogP contribution in [0.5, 0.6) is 0 Å². The maximum atomic E-state index is 13.1. The number of hydrogen-bond acceptors (Lipinski definition) is 2. The van der Waals surface area contributed by atoms with Crippen LogP contribution in [0.2, 0.25) is 0 Å². The van der Waals surface area contributed by atoms with E-state index in [0.717, 1.165) is 12.0 Å². The first-order valence-corrected chi connectivity index (χ1v) is 6.73. The summed E-state index contributed by atoms with van der Waals surface area (Å²) in [5.74, 6) is 1.14. The lowest BCUT2D eigenvalue weighted by atomic mass is 9.93. The number of aryl methyl sites for hydroxylation is 1. The molecule has 1 heterocycles. The molecule has 16 heavy (non-hydrogen) atoms. The Morgan fingerprint density at radius 3 is 3.00 bits per heavy atom. The predicted molar refractivity (Wildman–Crippen MR) is 68.1 cm³/mol. The summed E-state index contributed by atoms with van der Waals surface area (Å²) < 4.78 is 13.1. The number of rotatable bonds is 4. The highest BCUT2D eigenvalue weighted by Crippen LogP contribution is 2.34. The fourth-order valence-corrected chi connectivity index (χ4v) is 3.24. The molecule has 0 radical (unpaired) electrons. The summed E-state index contributed by atoms with van der Waals surface area (Å²) in [4.78, 5) is 1.35. The molecule has 1 N–H and O–H groups in total. The third kappa shape index (κ3) is 2.25. The fraction of sp³-hybridized carbons (Fsp3) is 0.538. The number of nitrogens with one attached hydrogen (secondary N) is 1.